The van der Waals surface area contributed by atoms with Crippen LogP contribution in [0.2, 0.25) is 0 Å². The van der Waals surface area contributed by atoms with Crippen molar-refractivity contribution in [1.29, 1.82) is 0 Å². The summed E-state index contributed by atoms with van der Waals surface area (Å²) in [5.41, 5.74) is 16.9. The van der Waals surface area contributed by atoms with E-state index >= 15 is 0 Å². The number of aromatic amines is 2. The normalized spacial score (nSPS) is 13.7. The maximum absolute atomic E-state index is 5.19. The minimum Gasteiger partial charge on any atom is -0.354 e. The summed E-state index contributed by atoms with van der Waals surface area (Å²) >= 11 is 0. The third kappa shape index (κ3) is 3.93. The Hall–Kier alpha value is -3.40. The van der Waals surface area contributed by atoms with Crippen molar-refractivity contribution < 1.29 is 0 Å². The lowest BCUT2D eigenvalue weighted by molar-refractivity contribution is 1.16. The fourth-order valence-corrected chi connectivity index (χ4v) is 5.87. The lowest BCUT2D eigenvalue weighted by Gasteiger charge is -2.03. The van der Waals surface area contributed by atoms with Crippen LogP contribution < -0.4 is 0 Å². The predicted octanol–water partition coefficient (Wildman–Crippen LogP) is 8.90. The van der Waals surface area contributed by atoms with E-state index in [1.165, 1.54) is 33.4 Å². The first kappa shape index (κ1) is 24.3. The van der Waals surface area contributed by atoms with Gasteiger partial charge in [0.25, 0.3) is 0 Å². The molecule has 5 rings (SSSR count). The summed E-state index contributed by atoms with van der Waals surface area (Å²) in [6.45, 7) is 13.4. The van der Waals surface area contributed by atoms with Gasteiger partial charge in [-0.3, -0.25) is 0 Å². The third-order valence-corrected chi connectivity index (χ3v) is 7.75. The minimum atomic E-state index is 0.967. The number of aryl methyl sites for hydroxylation is 2. The molecule has 0 atom stereocenters. The van der Waals surface area contributed by atoms with Crippen LogP contribution in [0.25, 0.3) is 44.4 Å². The van der Waals surface area contributed by atoms with Crippen LogP contribution in [0, 0.1) is 0 Å². The Kier molecular flexibility index (Phi) is 6.70. The molecule has 4 nitrogen and oxygen atoms in total. The van der Waals surface area contributed by atoms with Gasteiger partial charge in [0.15, 0.2) is 0 Å². The quantitative estimate of drug-likeness (QED) is 0.371. The molecule has 0 saturated heterocycles. The molecule has 2 N–H and O–H groups in total. The average Bonchev–Trinajstić information content (AvgIpc) is 3.66. The molecule has 2 aliphatic heterocycles. The van der Waals surface area contributed by atoms with Gasteiger partial charge >= 0.3 is 0 Å². The van der Waals surface area contributed by atoms with E-state index in [-0.39, 0.29) is 0 Å². The molecule has 0 unspecified atom stereocenters. The van der Waals surface area contributed by atoms with E-state index in [2.05, 4.69) is 87.9 Å². The topological polar surface area (TPSA) is 57.4 Å². The fourth-order valence-electron chi connectivity index (χ4n) is 5.87. The number of aromatic nitrogens is 4. The smallest absolute Gasteiger partial charge is 0.0907 e. The highest BCUT2D eigenvalue weighted by molar-refractivity contribution is 5.98. The Bertz CT molecular complexity index is 1420. The molecule has 0 radical (unpaired) electrons. The molecule has 3 aromatic heterocycles. The van der Waals surface area contributed by atoms with Gasteiger partial charge in [0.1, 0.15) is 0 Å². The standard InChI is InChI=1S/C32H38N4/c1-7-19-17-29-31-23(11-5)21(9-3)27(35-31)15-16-28-22(10-4)24(12-6)32(36-28)30-18-20(8-2)26(34-30)14-13-25(19)33-29/h13-18,33-34H,7-12H2,1-6H3. The summed E-state index contributed by atoms with van der Waals surface area (Å²) in [6.07, 6.45) is 5.82. The van der Waals surface area contributed by atoms with Crippen LogP contribution in [0.1, 0.15) is 101 Å². The maximum Gasteiger partial charge on any atom is 0.0907 e. The second-order valence-electron chi connectivity index (χ2n) is 9.64. The molecule has 0 spiro atoms. The van der Waals surface area contributed by atoms with Crippen LogP contribution in [0.3, 0.4) is 0 Å². The maximum atomic E-state index is 5.19. The Morgan fingerprint density at radius 2 is 0.861 bits per heavy atom. The largest absolute Gasteiger partial charge is 0.354 e. The highest BCUT2D eigenvalue weighted by Crippen LogP contribution is 2.38. The Labute approximate surface area is 214 Å². The first-order valence-corrected chi connectivity index (χ1v) is 13.7. The Balaban J connectivity index is 1.95. The van der Waals surface area contributed by atoms with Crippen LogP contribution in [0.15, 0.2) is 36.4 Å². The molecule has 8 bridgehead atoms. The molecule has 5 heterocycles. The monoisotopic (exact) mass is 478 g/mol. The van der Waals surface area contributed by atoms with Gasteiger partial charge in [0, 0.05) is 11.0 Å². The number of nitrogens with one attached hydrogen (secondary N) is 2. The van der Waals surface area contributed by atoms with Gasteiger partial charge < -0.3 is 9.97 Å². The molecule has 3 aromatic rings. The number of hydrogen-bond donors (Lipinski definition) is 2. The van der Waals surface area contributed by atoms with Crippen molar-refractivity contribution in [2.24, 2.45) is 0 Å². The van der Waals surface area contributed by atoms with Crippen molar-refractivity contribution in [2.75, 3.05) is 0 Å². The number of H-pyrrole nitrogens is 2. The van der Waals surface area contributed by atoms with Crippen LogP contribution in [-0.2, 0) is 12.8 Å². The third-order valence-electron chi connectivity index (χ3n) is 7.75. The fraction of sp³-hybridized carbons (Fsp3) is 0.375. The lowest BCUT2D eigenvalue weighted by Crippen LogP contribution is -1.83. The zero-order valence-electron chi connectivity index (χ0n) is 22.6. The van der Waals surface area contributed by atoms with E-state index in [0.717, 1.165) is 83.4 Å². The first-order valence-electron chi connectivity index (χ1n) is 13.7. The van der Waals surface area contributed by atoms with Crippen molar-refractivity contribution in [3.8, 4) is 0 Å². The number of allylic oxidation sites excluding steroid dienone is 4. The summed E-state index contributed by atoms with van der Waals surface area (Å²) in [7, 11) is 0. The van der Waals surface area contributed by atoms with Gasteiger partial charge in [-0.25, -0.2) is 9.97 Å². The van der Waals surface area contributed by atoms with Crippen molar-refractivity contribution in [3.63, 3.8) is 0 Å². The molecule has 0 fully saturated rings. The molecule has 0 aromatic carbocycles. The minimum absolute atomic E-state index is 0.967. The van der Waals surface area contributed by atoms with E-state index in [1.807, 2.05) is 0 Å². The second-order valence-corrected chi connectivity index (χ2v) is 9.64. The van der Waals surface area contributed by atoms with E-state index in [0.29, 0.717) is 0 Å². The molecule has 36 heavy (non-hydrogen) atoms. The molecule has 0 amide bonds. The van der Waals surface area contributed by atoms with E-state index in [4.69, 9.17) is 9.97 Å². The SMILES string of the molecule is CCC1=C(CC)c2nc1ccc1nc(c3cc(CC)c(ccc4[nH]c2cc4CC)[nH]3)C(CC)=C1CC. The van der Waals surface area contributed by atoms with Crippen LogP contribution >= 0.6 is 0 Å². The summed E-state index contributed by atoms with van der Waals surface area (Å²) in [5.74, 6) is 0. The number of rotatable bonds is 6. The number of nitrogens with zero attached hydrogens (tertiary/aromatic N) is 2. The van der Waals surface area contributed by atoms with Gasteiger partial charge in [-0.05, 0) is 108 Å². The molecular formula is C32H38N4. The summed E-state index contributed by atoms with van der Waals surface area (Å²) < 4.78 is 0. The zero-order chi connectivity index (χ0) is 25.4. The van der Waals surface area contributed by atoms with Crippen LogP contribution in [0.4, 0.5) is 0 Å². The summed E-state index contributed by atoms with van der Waals surface area (Å²) in [5, 5.41) is 0. The highest BCUT2D eigenvalue weighted by atomic mass is 14.8. The van der Waals surface area contributed by atoms with Gasteiger partial charge in [-0.2, -0.15) is 0 Å². The van der Waals surface area contributed by atoms with Gasteiger partial charge in [0.2, 0.25) is 0 Å². The predicted molar refractivity (Wildman–Crippen MR) is 155 cm³/mol. The molecule has 4 heteroatoms. The van der Waals surface area contributed by atoms with Crippen molar-refractivity contribution in [2.45, 2.75) is 80.1 Å². The van der Waals surface area contributed by atoms with Crippen molar-refractivity contribution in [1.82, 2.24) is 19.9 Å². The van der Waals surface area contributed by atoms with Gasteiger partial charge in [0.05, 0.1) is 33.8 Å². The van der Waals surface area contributed by atoms with Gasteiger partial charge in [-0.1, -0.05) is 41.5 Å². The zero-order valence-corrected chi connectivity index (χ0v) is 22.6. The van der Waals surface area contributed by atoms with Crippen molar-refractivity contribution >= 4 is 44.4 Å². The lowest BCUT2D eigenvalue weighted by atomic mass is 9.99. The molecular weight excluding hydrogens is 440 g/mol. The van der Waals surface area contributed by atoms with Crippen molar-refractivity contribution in [3.05, 3.63) is 70.3 Å². The second kappa shape index (κ2) is 9.93. The van der Waals surface area contributed by atoms with Gasteiger partial charge in [-0.15, -0.1) is 0 Å². The van der Waals surface area contributed by atoms with Crippen LogP contribution in [0.5, 0.6) is 0 Å². The highest BCUT2D eigenvalue weighted by Gasteiger charge is 2.21. The Morgan fingerprint density at radius 3 is 1.19 bits per heavy atom. The van der Waals surface area contributed by atoms with E-state index in [1.54, 1.807) is 0 Å². The Morgan fingerprint density at radius 1 is 0.472 bits per heavy atom. The van der Waals surface area contributed by atoms with E-state index in [9.17, 15) is 0 Å². The molecule has 2 aliphatic rings. The number of fused-ring (bicyclic) bond motifs is 10. The number of hydrogen-bond acceptors (Lipinski definition) is 2. The molecule has 0 aliphatic carbocycles. The molecule has 186 valence electrons. The first-order chi connectivity index (χ1) is 17.6. The summed E-state index contributed by atoms with van der Waals surface area (Å²) in [6, 6.07) is 13.4. The molecule has 0 saturated carbocycles. The van der Waals surface area contributed by atoms with Crippen LogP contribution in [-0.4, -0.2) is 19.9 Å². The summed E-state index contributed by atoms with van der Waals surface area (Å²) in [4.78, 5) is 17.8. The van der Waals surface area contributed by atoms with E-state index < -0.39 is 0 Å². The average molecular weight is 479 g/mol.